The van der Waals surface area contributed by atoms with Crippen LogP contribution in [0.4, 0.5) is 5.69 Å². The lowest BCUT2D eigenvalue weighted by Crippen LogP contribution is -2.37. The summed E-state index contributed by atoms with van der Waals surface area (Å²) >= 11 is 10.8. The van der Waals surface area contributed by atoms with Crippen LogP contribution >= 0.6 is 23.2 Å². The largest absolute Gasteiger partial charge is 0.351 e. The number of nitrogens with zero attached hydrogens (tertiary/aromatic N) is 1. The number of alkyl halides is 2. The molecule has 0 fully saturated rings. The third kappa shape index (κ3) is 4.50. The molecule has 0 saturated carbocycles. The first-order valence-corrected chi connectivity index (χ1v) is 6.09. The van der Waals surface area contributed by atoms with Gasteiger partial charge in [-0.2, -0.15) is 0 Å². The van der Waals surface area contributed by atoms with Crippen molar-refractivity contribution in [3.63, 3.8) is 0 Å². The van der Waals surface area contributed by atoms with Gasteiger partial charge in [-0.05, 0) is 18.9 Å². The molecule has 0 heterocycles. The first kappa shape index (κ1) is 14.7. The van der Waals surface area contributed by atoms with Crippen LogP contribution < -0.4 is 5.32 Å². The van der Waals surface area contributed by atoms with Gasteiger partial charge in [-0.15, -0.1) is 0 Å². The summed E-state index contributed by atoms with van der Waals surface area (Å²) in [5.41, 5.74) is 0.922. The van der Waals surface area contributed by atoms with Gasteiger partial charge < -0.3 is 5.32 Å². The number of halogens is 2. The predicted octanol–water partition coefficient (Wildman–Crippen LogP) is 2.45. The number of amides is 1. The molecule has 0 bridgehead atoms. The van der Waals surface area contributed by atoms with Crippen molar-refractivity contribution < 1.29 is 9.72 Å². The Hall–Kier alpha value is -1.33. The molecule has 0 spiro atoms. The third-order valence-electron chi connectivity index (χ3n) is 2.28. The molecule has 1 atom stereocenters. The zero-order valence-corrected chi connectivity index (χ0v) is 11.1. The molecule has 0 unspecified atom stereocenters. The van der Waals surface area contributed by atoms with E-state index >= 15 is 0 Å². The Morgan fingerprint density at radius 3 is 2.39 bits per heavy atom. The number of rotatable bonds is 5. The zero-order chi connectivity index (χ0) is 13.7. The molecule has 98 valence electrons. The monoisotopic (exact) mass is 290 g/mol. The van der Waals surface area contributed by atoms with E-state index in [4.69, 9.17) is 23.2 Å². The number of non-ortho nitro benzene ring substituents is 1. The van der Waals surface area contributed by atoms with Gasteiger partial charge >= 0.3 is 0 Å². The standard InChI is InChI=1S/C11H12Cl2N2O3/c1-7(14-11(16)10(12)13)6-8-2-4-9(5-3-8)15(17)18/h2-5,7,10H,6H2,1H3,(H,14,16)/t7-/m0/s1. The maximum atomic E-state index is 11.2. The Morgan fingerprint density at radius 1 is 1.39 bits per heavy atom. The summed E-state index contributed by atoms with van der Waals surface area (Å²) in [5.74, 6) is -0.451. The van der Waals surface area contributed by atoms with E-state index in [1.54, 1.807) is 19.1 Å². The summed E-state index contributed by atoms with van der Waals surface area (Å²) in [4.78, 5) is 20.1. The fourth-order valence-corrected chi connectivity index (χ4v) is 1.59. The summed E-state index contributed by atoms with van der Waals surface area (Å²) in [6.07, 6.45) is 0.546. The molecule has 1 aromatic carbocycles. The van der Waals surface area contributed by atoms with Crippen LogP contribution in [0.25, 0.3) is 0 Å². The summed E-state index contributed by atoms with van der Waals surface area (Å²) < 4.78 is 0. The minimum absolute atomic E-state index is 0.0389. The lowest BCUT2D eigenvalue weighted by Gasteiger charge is -2.14. The number of hydrogen-bond donors (Lipinski definition) is 1. The summed E-state index contributed by atoms with van der Waals surface area (Å²) in [6.45, 7) is 1.80. The van der Waals surface area contributed by atoms with E-state index < -0.39 is 15.7 Å². The molecule has 0 aromatic heterocycles. The highest BCUT2D eigenvalue weighted by atomic mass is 35.5. The molecule has 1 rings (SSSR count). The van der Waals surface area contributed by atoms with E-state index in [2.05, 4.69) is 5.32 Å². The molecule has 7 heteroatoms. The van der Waals surface area contributed by atoms with E-state index in [0.29, 0.717) is 6.42 Å². The minimum atomic E-state index is -1.09. The van der Waals surface area contributed by atoms with E-state index in [9.17, 15) is 14.9 Å². The molecule has 5 nitrogen and oxygen atoms in total. The highest BCUT2D eigenvalue weighted by Gasteiger charge is 2.14. The Labute approximate surface area is 114 Å². The van der Waals surface area contributed by atoms with Crippen molar-refractivity contribution in [3.8, 4) is 0 Å². The van der Waals surface area contributed by atoms with Gasteiger partial charge in [0.2, 0.25) is 0 Å². The smallest absolute Gasteiger partial charge is 0.269 e. The fourth-order valence-electron chi connectivity index (χ4n) is 1.46. The second kappa shape index (κ2) is 6.56. The van der Waals surface area contributed by atoms with Crippen molar-refractivity contribution in [2.75, 3.05) is 0 Å². The molecular formula is C11H12Cl2N2O3. The second-order valence-electron chi connectivity index (χ2n) is 3.84. The number of nitrogens with one attached hydrogen (secondary N) is 1. The van der Waals surface area contributed by atoms with Crippen LogP contribution in [0.1, 0.15) is 12.5 Å². The summed E-state index contributed by atoms with van der Waals surface area (Å²) in [5, 5.41) is 13.1. The normalized spacial score (nSPS) is 12.2. The van der Waals surface area contributed by atoms with E-state index in [-0.39, 0.29) is 11.7 Å². The molecule has 1 N–H and O–H groups in total. The Balaban J connectivity index is 2.57. The molecule has 18 heavy (non-hydrogen) atoms. The molecule has 1 aromatic rings. The highest BCUT2D eigenvalue weighted by Crippen LogP contribution is 2.13. The molecular weight excluding hydrogens is 279 g/mol. The van der Waals surface area contributed by atoms with Crippen LogP contribution in [0.5, 0.6) is 0 Å². The molecule has 0 aliphatic carbocycles. The predicted molar refractivity (Wildman–Crippen MR) is 69.9 cm³/mol. The lowest BCUT2D eigenvalue weighted by atomic mass is 10.1. The van der Waals surface area contributed by atoms with E-state index in [0.717, 1.165) is 5.56 Å². The highest BCUT2D eigenvalue weighted by molar-refractivity contribution is 6.53. The third-order valence-corrected chi connectivity index (χ3v) is 2.67. The molecule has 0 saturated heterocycles. The van der Waals surface area contributed by atoms with Crippen LogP contribution in [-0.2, 0) is 11.2 Å². The number of hydrogen-bond acceptors (Lipinski definition) is 3. The molecule has 0 aliphatic rings. The lowest BCUT2D eigenvalue weighted by molar-refractivity contribution is -0.384. The van der Waals surface area contributed by atoms with Crippen molar-refractivity contribution in [2.24, 2.45) is 0 Å². The SMILES string of the molecule is C[C@@H](Cc1ccc([N+](=O)[O-])cc1)NC(=O)C(Cl)Cl. The van der Waals surface area contributed by atoms with Gasteiger partial charge in [0, 0.05) is 18.2 Å². The van der Waals surface area contributed by atoms with Crippen LogP contribution in [0, 0.1) is 10.1 Å². The molecule has 0 aliphatic heterocycles. The van der Waals surface area contributed by atoms with Gasteiger partial charge in [-0.1, -0.05) is 35.3 Å². The Morgan fingerprint density at radius 2 is 1.94 bits per heavy atom. The van der Waals surface area contributed by atoms with Gasteiger partial charge in [-0.3, -0.25) is 14.9 Å². The quantitative estimate of drug-likeness (QED) is 0.514. The summed E-state index contributed by atoms with van der Waals surface area (Å²) in [6, 6.07) is 6.00. The van der Waals surface area contributed by atoms with Gasteiger partial charge in [0.05, 0.1) is 4.92 Å². The van der Waals surface area contributed by atoms with Crippen molar-refractivity contribution in [3.05, 3.63) is 39.9 Å². The average molecular weight is 291 g/mol. The topological polar surface area (TPSA) is 72.2 Å². The molecule has 1 amide bonds. The van der Waals surface area contributed by atoms with E-state index in [1.807, 2.05) is 0 Å². The van der Waals surface area contributed by atoms with Gasteiger partial charge in [0.15, 0.2) is 4.84 Å². The first-order chi connectivity index (χ1) is 8.40. The maximum Gasteiger partial charge on any atom is 0.269 e. The maximum absolute atomic E-state index is 11.2. The number of nitro benzene ring substituents is 1. The van der Waals surface area contributed by atoms with Crippen LogP contribution in [0.15, 0.2) is 24.3 Å². The fraction of sp³-hybridized carbons (Fsp3) is 0.364. The Kier molecular flexibility index (Phi) is 5.37. The minimum Gasteiger partial charge on any atom is -0.351 e. The number of benzene rings is 1. The van der Waals surface area contributed by atoms with Crippen molar-refractivity contribution in [2.45, 2.75) is 24.2 Å². The Bertz CT molecular complexity index is 434. The van der Waals surface area contributed by atoms with Crippen molar-refractivity contribution in [1.82, 2.24) is 5.32 Å². The number of nitro groups is 1. The van der Waals surface area contributed by atoms with Crippen molar-refractivity contribution >= 4 is 34.8 Å². The van der Waals surface area contributed by atoms with Gasteiger partial charge in [0.1, 0.15) is 0 Å². The second-order valence-corrected chi connectivity index (χ2v) is 4.93. The van der Waals surface area contributed by atoms with Crippen molar-refractivity contribution in [1.29, 1.82) is 0 Å². The van der Waals surface area contributed by atoms with Gasteiger partial charge in [-0.25, -0.2) is 0 Å². The van der Waals surface area contributed by atoms with Crippen LogP contribution in [0.3, 0.4) is 0 Å². The average Bonchev–Trinajstić information content (AvgIpc) is 2.29. The van der Waals surface area contributed by atoms with Crippen LogP contribution in [-0.4, -0.2) is 21.7 Å². The zero-order valence-electron chi connectivity index (χ0n) is 9.60. The summed E-state index contributed by atoms with van der Waals surface area (Å²) in [7, 11) is 0. The molecule has 0 radical (unpaired) electrons. The first-order valence-electron chi connectivity index (χ1n) is 5.22. The van der Waals surface area contributed by atoms with E-state index in [1.165, 1.54) is 12.1 Å². The van der Waals surface area contributed by atoms with Gasteiger partial charge in [0.25, 0.3) is 11.6 Å². The van der Waals surface area contributed by atoms with Crippen LogP contribution in [0.2, 0.25) is 0 Å². The number of carbonyl (C=O) groups is 1. The number of carbonyl (C=O) groups excluding carboxylic acids is 1.